The molecular formula is C21H18O. The molecule has 2 aromatic carbocycles. The minimum Gasteiger partial charge on any atom is -0.295 e. The van der Waals surface area contributed by atoms with Crippen molar-refractivity contribution >= 4 is 16.9 Å². The van der Waals surface area contributed by atoms with E-state index in [9.17, 15) is 4.79 Å². The molecule has 0 aromatic heterocycles. The summed E-state index contributed by atoms with van der Waals surface area (Å²) >= 11 is 0. The Morgan fingerprint density at radius 1 is 1.00 bits per heavy atom. The Morgan fingerprint density at radius 3 is 2.59 bits per heavy atom. The molecule has 4 rings (SSSR count). The lowest BCUT2D eigenvalue weighted by Crippen LogP contribution is -2.15. The van der Waals surface area contributed by atoms with Crippen molar-refractivity contribution in [3.05, 3.63) is 82.9 Å². The second-order valence-electron chi connectivity index (χ2n) is 6.46. The average Bonchev–Trinajstić information content (AvgIpc) is 2.98. The number of benzene rings is 2. The lowest BCUT2D eigenvalue weighted by molar-refractivity contribution is 0.101. The maximum Gasteiger partial charge on any atom is 0.159 e. The number of rotatable bonds is 2. The fraction of sp³-hybridized carbons (Fsp3) is 0.190. The van der Waals surface area contributed by atoms with Crippen LogP contribution in [0.4, 0.5) is 0 Å². The molecular weight excluding hydrogens is 268 g/mol. The molecule has 2 aliphatic carbocycles. The molecule has 2 aromatic rings. The summed E-state index contributed by atoms with van der Waals surface area (Å²) in [5, 5.41) is 0. The summed E-state index contributed by atoms with van der Waals surface area (Å²) in [6.07, 6.45) is 5.51. The van der Waals surface area contributed by atoms with Crippen molar-refractivity contribution in [2.24, 2.45) is 5.41 Å². The van der Waals surface area contributed by atoms with Gasteiger partial charge in [-0.25, -0.2) is 0 Å². The number of Topliss-reactive ketones (excluding diaryl/α,β-unsaturated/α-hetero) is 1. The monoisotopic (exact) mass is 286 g/mol. The van der Waals surface area contributed by atoms with Crippen LogP contribution < -0.4 is 0 Å². The predicted molar refractivity (Wildman–Crippen MR) is 90.7 cm³/mol. The van der Waals surface area contributed by atoms with Crippen LogP contribution in [0.3, 0.4) is 0 Å². The normalized spacial score (nSPS) is 21.9. The quantitative estimate of drug-likeness (QED) is 0.715. The van der Waals surface area contributed by atoms with E-state index >= 15 is 0 Å². The van der Waals surface area contributed by atoms with Crippen LogP contribution in [0.2, 0.25) is 0 Å². The summed E-state index contributed by atoms with van der Waals surface area (Å²) in [5.41, 5.74) is 7.50. The lowest BCUT2D eigenvalue weighted by atomic mass is 9.76. The van der Waals surface area contributed by atoms with Gasteiger partial charge in [0.25, 0.3) is 0 Å². The molecule has 0 radical (unpaired) electrons. The number of allylic oxidation sites excluding steroid dienone is 4. The van der Waals surface area contributed by atoms with Crippen LogP contribution in [0.1, 0.15) is 40.9 Å². The van der Waals surface area contributed by atoms with Crippen LogP contribution in [0.25, 0.3) is 11.1 Å². The molecule has 2 aliphatic rings. The first kappa shape index (κ1) is 13.3. The summed E-state index contributed by atoms with van der Waals surface area (Å²) in [4.78, 5) is 11.7. The van der Waals surface area contributed by atoms with Gasteiger partial charge in [-0.15, -0.1) is 0 Å². The Bertz CT molecular complexity index is 854. The Balaban J connectivity index is 1.79. The summed E-state index contributed by atoms with van der Waals surface area (Å²) in [6, 6.07) is 16.7. The van der Waals surface area contributed by atoms with Crippen molar-refractivity contribution in [3.8, 4) is 0 Å². The van der Waals surface area contributed by atoms with Crippen molar-refractivity contribution in [2.75, 3.05) is 0 Å². The lowest BCUT2D eigenvalue weighted by Gasteiger charge is -2.26. The number of carbonyl (C=O) groups is 1. The van der Waals surface area contributed by atoms with E-state index in [1.165, 1.54) is 22.3 Å². The van der Waals surface area contributed by atoms with E-state index in [1.807, 2.05) is 18.2 Å². The predicted octanol–water partition coefficient (Wildman–Crippen LogP) is 4.93. The average molecular weight is 286 g/mol. The zero-order chi connectivity index (χ0) is 15.3. The van der Waals surface area contributed by atoms with Crippen LogP contribution in [0.5, 0.6) is 0 Å². The third-order valence-corrected chi connectivity index (χ3v) is 5.04. The van der Waals surface area contributed by atoms with Gasteiger partial charge in [0.2, 0.25) is 0 Å². The topological polar surface area (TPSA) is 17.1 Å². The SMILES string of the molecule is CC(=O)c1cccc(C2=CC=C3c4ccccc4C[C@@]23C)c1. The van der Waals surface area contributed by atoms with Gasteiger partial charge in [-0.3, -0.25) is 4.79 Å². The molecule has 1 nitrogen and oxygen atoms in total. The van der Waals surface area contributed by atoms with Crippen LogP contribution >= 0.6 is 0 Å². The number of hydrogen-bond donors (Lipinski definition) is 0. The zero-order valence-electron chi connectivity index (χ0n) is 12.9. The van der Waals surface area contributed by atoms with E-state index in [2.05, 4.69) is 49.4 Å². The molecule has 0 bridgehead atoms. The van der Waals surface area contributed by atoms with Gasteiger partial charge in [-0.2, -0.15) is 0 Å². The smallest absolute Gasteiger partial charge is 0.159 e. The van der Waals surface area contributed by atoms with Gasteiger partial charge in [0.05, 0.1) is 0 Å². The number of carbonyl (C=O) groups excluding carboxylic acids is 1. The van der Waals surface area contributed by atoms with Crippen LogP contribution in [0, 0.1) is 5.41 Å². The first-order valence-electron chi connectivity index (χ1n) is 7.72. The molecule has 108 valence electrons. The second kappa shape index (κ2) is 4.54. The highest BCUT2D eigenvalue weighted by Gasteiger charge is 2.43. The van der Waals surface area contributed by atoms with E-state index in [4.69, 9.17) is 0 Å². The third-order valence-electron chi connectivity index (χ3n) is 5.04. The molecule has 22 heavy (non-hydrogen) atoms. The minimum absolute atomic E-state index is 0.0269. The van der Waals surface area contributed by atoms with Gasteiger partial charge in [0.15, 0.2) is 5.78 Å². The van der Waals surface area contributed by atoms with Crippen molar-refractivity contribution in [3.63, 3.8) is 0 Å². The van der Waals surface area contributed by atoms with Gasteiger partial charge in [-0.1, -0.05) is 61.5 Å². The summed E-state index contributed by atoms with van der Waals surface area (Å²) < 4.78 is 0. The van der Waals surface area contributed by atoms with E-state index in [-0.39, 0.29) is 11.2 Å². The van der Waals surface area contributed by atoms with Crippen molar-refractivity contribution in [2.45, 2.75) is 20.3 Å². The summed E-state index contributed by atoms with van der Waals surface area (Å²) in [6.45, 7) is 3.94. The third kappa shape index (κ3) is 1.75. The number of fused-ring (bicyclic) bond motifs is 3. The maximum absolute atomic E-state index is 11.7. The summed E-state index contributed by atoms with van der Waals surface area (Å²) in [7, 11) is 0. The second-order valence-corrected chi connectivity index (χ2v) is 6.46. The fourth-order valence-electron chi connectivity index (χ4n) is 3.90. The molecule has 0 aliphatic heterocycles. The molecule has 1 heteroatoms. The van der Waals surface area contributed by atoms with Crippen molar-refractivity contribution < 1.29 is 4.79 Å². The first-order chi connectivity index (χ1) is 10.6. The van der Waals surface area contributed by atoms with E-state index in [1.54, 1.807) is 6.92 Å². The Labute approximate surface area is 131 Å². The Kier molecular flexibility index (Phi) is 2.74. The molecule has 0 unspecified atom stereocenters. The first-order valence-corrected chi connectivity index (χ1v) is 7.72. The van der Waals surface area contributed by atoms with Crippen molar-refractivity contribution in [1.82, 2.24) is 0 Å². The van der Waals surface area contributed by atoms with Crippen LogP contribution in [-0.2, 0) is 6.42 Å². The summed E-state index contributed by atoms with van der Waals surface area (Å²) in [5.74, 6) is 0.119. The Hall–Kier alpha value is -2.41. The number of ketones is 1. The van der Waals surface area contributed by atoms with Crippen LogP contribution in [-0.4, -0.2) is 5.78 Å². The highest BCUT2D eigenvalue weighted by molar-refractivity contribution is 5.99. The van der Waals surface area contributed by atoms with Gasteiger partial charge >= 0.3 is 0 Å². The standard InChI is InChI=1S/C21H18O/c1-14(22)15-7-5-8-16(12-15)19-10-11-20-18-9-4-3-6-17(18)13-21(19,20)2/h3-12H,13H2,1-2H3/t21-/m0/s1. The molecule has 0 amide bonds. The Morgan fingerprint density at radius 2 is 1.77 bits per heavy atom. The zero-order valence-corrected chi connectivity index (χ0v) is 12.9. The molecule has 0 heterocycles. The van der Waals surface area contributed by atoms with Crippen molar-refractivity contribution in [1.29, 1.82) is 0 Å². The molecule has 0 saturated carbocycles. The molecule has 0 fully saturated rings. The minimum atomic E-state index is 0.0269. The molecule has 0 N–H and O–H groups in total. The van der Waals surface area contributed by atoms with Gasteiger partial charge < -0.3 is 0 Å². The van der Waals surface area contributed by atoms with Gasteiger partial charge in [0.1, 0.15) is 0 Å². The fourth-order valence-corrected chi connectivity index (χ4v) is 3.90. The molecule has 0 spiro atoms. The number of hydrogen-bond acceptors (Lipinski definition) is 1. The highest BCUT2D eigenvalue weighted by Crippen LogP contribution is 2.56. The highest BCUT2D eigenvalue weighted by atomic mass is 16.1. The van der Waals surface area contributed by atoms with Gasteiger partial charge in [-0.05, 0) is 47.2 Å². The van der Waals surface area contributed by atoms with Crippen LogP contribution in [0.15, 0.2) is 60.7 Å². The van der Waals surface area contributed by atoms with Gasteiger partial charge in [0, 0.05) is 11.0 Å². The largest absolute Gasteiger partial charge is 0.295 e. The van der Waals surface area contributed by atoms with E-state index in [0.717, 1.165) is 17.5 Å². The maximum atomic E-state index is 11.7. The molecule has 0 saturated heterocycles. The van der Waals surface area contributed by atoms with E-state index < -0.39 is 0 Å². The molecule has 1 atom stereocenters. The van der Waals surface area contributed by atoms with E-state index in [0.29, 0.717) is 0 Å².